The highest BCUT2D eigenvalue weighted by molar-refractivity contribution is 7.99. The molecule has 1 atom stereocenters. The first-order valence-electron chi connectivity index (χ1n) is 8.10. The van der Waals surface area contributed by atoms with Crippen LogP contribution >= 0.6 is 11.8 Å². The average Bonchev–Trinajstić information content (AvgIpc) is 3.00. The van der Waals surface area contributed by atoms with Gasteiger partial charge in [0.25, 0.3) is 0 Å². The standard InChI is InChI=1S/C17H20FNO4S2/c1-2-22-15-6-5-13(12-14(15)18)25(20,21)19-8-7-17(24-11-9-19)16-4-3-10-23-16/h3-6,10,12,17H,2,7-9,11H2,1H3/t17-/m1/s1. The smallest absolute Gasteiger partial charge is 0.243 e. The zero-order valence-electron chi connectivity index (χ0n) is 13.9. The molecule has 3 rings (SSSR count). The summed E-state index contributed by atoms with van der Waals surface area (Å²) < 4.78 is 51.7. The van der Waals surface area contributed by atoms with Crippen LogP contribution in [0.3, 0.4) is 0 Å². The molecule has 1 fully saturated rings. The number of hydrogen-bond acceptors (Lipinski definition) is 5. The quantitative estimate of drug-likeness (QED) is 0.786. The van der Waals surface area contributed by atoms with Crippen LogP contribution in [0.4, 0.5) is 4.39 Å². The fourth-order valence-electron chi connectivity index (χ4n) is 2.76. The Morgan fingerprint density at radius 3 is 2.88 bits per heavy atom. The first-order valence-corrected chi connectivity index (χ1v) is 10.6. The molecule has 1 saturated heterocycles. The fourth-order valence-corrected chi connectivity index (χ4v) is 5.52. The van der Waals surface area contributed by atoms with Crippen LogP contribution in [-0.4, -0.2) is 38.2 Å². The molecule has 0 N–H and O–H groups in total. The second kappa shape index (κ2) is 7.80. The molecule has 2 heterocycles. The summed E-state index contributed by atoms with van der Waals surface area (Å²) in [5, 5.41) is 0.132. The third kappa shape index (κ3) is 4.02. The molecule has 0 bridgehead atoms. The number of sulfonamides is 1. The molecule has 0 radical (unpaired) electrons. The van der Waals surface area contributed by atoms with E-state index in [2.05, 4.69) is 0 Å². The van der Waals surface area contributed by atoms with E-state index in [9.17, 15) is 12.8 Å². The van der Waals surface area contributed by atoms with Crippen molar-refractivity contribution in [2.45, 2.75) is 23.5 Å². The highest BCUT2D eigenvalue weighted by Crippen LogP contribution is 2.36. The monoisotopic (exact) mass is 385 g/mol. The van der Waals surface area contributed by atoms with Crippen LogP contribution in [-0.2, 0) is 10.0 Å². The fraction of sp³-hybridized carbons (Fsp3) is 0.412. The van der Waals surface area contributed by atoms with Crippen LogP contribution in [0, 0.1) is 5.82 Å². The lowest BCUT2D eigenvalue weighted by Gasteiger charge is -2.20. The number of ether oxygens (including phenoxy) is 1. The van der Waals surface area contributed by atoms with E-state index in [-0.39, 0.29) is 15.9 Å². The van der Waals surface area contributed by atoms with Gasteiger partial charge >= 0.3 is 0 Å². The number of benzene rings is 1. The Morgan fingerprint density at radius 2 is 2.20 bits per heavy atom. The Kier molecular flexibility index (Phi) is 5.71. The molecular formula is C17H20FNO4S2. The molecule has 136 valence electrons. The molecule has 0 aliphatic carbocycles. The lowest BCUT2D eigenvalue weighted by Crippen LogP contribution is -2.33. The first kappa shape index (κ1) is 18.3. The van der Waals surface area contributed by atoms with Gasteiger partial charge in [-0.05, 0) is 43.7 Å². The van der Waals surface area contributed by atoms with Crippen molar-refractivity contribution in [1.82, 2.24) is 4.31 Å². The number of halogens is 1. The van der Waals surface area contributed by atoms with Gasteiger partial charge in [-0.2, -0.15) is 4.31 Å². The summed E-state index contributed by atoms with van der Waals surface area (Å²) in [5.41, 5.74) is 0. The molecule has 8 heteroatoms. The normalized spacial score (nSPS) is 19.5. The van der Waals surface area contributed by atoms with Crippen molar-refractivity contribution in [3.05, 3.63) is 48.2 Å². The zero-order valence-corrected chi connectivity index (χ0v) is 15.5. The Labute approximate surface area is 151 Å². The van der Waals surface area contributed by atoms with Crippen LogP contribution < -0.4 is 4.74 Å². The van der Waals surface area contributed by atoms with Gasteiger partial charge in [0.2, 0.25) is 10.0 Å². The molecule has 0 saturated carbocycles. The van der Waals surface area contributed by atoms with Crippen molar-refractivity contribution in [1.29, 1.82) is 0 Å². The summed E-state index contributed by atoms with van der Waals surface area (Å²) in [6, 6.07) is 7.53. The molecule has 0 unspecified atom stereocenters. The second-order valence-electron chi connectivity index (χ2n) is 5.59. The summed E-state index contributed by atoms with van der Waals surface area (Å²) in [6.45, 7) is 2.82. The van der Waals surface area contributed by atoms with Gasteiger partial charge in [0.15, 0.2) is 11.6 Å². The van der Waals surface area contributed by atoms with Crippen LogP contribution in [0.2, 0.25) is 0 Å². The van der Waals surface area contributed by atoms with Crippen molar-refractivity contribution in [3.8, 4) is 5.75 Å². The van der Waals surface area contributed by atoms with Gasteiger partial charge in [0.1, 0.15) is 5.76 Å². The van der Waals surface area contributed by atoms with Gasteiger partial charge in [-0.25, -0.2) is 12.8 Å². The summed E-state index contributed by atoms with van der Waals surface area (Å²) in [6.07, 6.45) is 2.27. The largest absolute Gasteiger partial charge is 0.491 e. The highest BCUT2D eigenvalue weighted by atomic mass is 32.2. The van der Waals surface area contributed by atoms with Crippen LogP contribution in [0.5, 0.6) is 5.75 Å². The maximum absolute atomic E-state index is 14.0. The predicted octanol–water partition coefficient (Wildman–Crippen LogP) is 3.69. The van der Waals surface area contributed by atoms with E-state index < -0.39 is 15.8 Å². The average molecular weight is 385 g/mol. The van der Waals surface area contributed by atoms with Gasteiger partial charge in [0, 0.05) is 18.8 Å². The molecule has 25 heavy (non-hydrogen) atoms. The van der Waals surface area contributed by atoms with Gasteiger partial charge in [-0.15, -0.1) is 11.8 Å². The van der Waals surface area contributed by atoms with E-state index in [1.54, 1.807) is 24.9 Å². The number of furan rings is 1. The zero-order chi connectivity index (χ0) is 17.9. The minimum Gasteiger partial charge on any atom is -0.491 e. The van der Waals surface area contributed by atoms with Crippen molar-refractivity contribution in [2.75, 3.05) is 25.4 Å². The Morgan fingerprint density at radius 1 is 1.36 bits per heavy atom. The Hall–Kier alpha value is -1.51. The summed E-state index contributed by atoms with van der Waals surface area (Å²) in [7, 11) is -3.74. The van der Waals surface area contributed by atoms with Crippen LogP contribution in [0.1, 0.15) is 24.4 Å². The predicted molar refractivity (Wildman–Crippen MR) is 94.9 cm³/mol. The number of hydrogen-bond donors (Lipinski definition) is 0. The summed E-state index contributed by atoms with van der Waals surface area (Å²) in [4.78, 5) is -0.0464. The van der Waals surface area contributed by atoms with Gasteiger partial charge in [-0.3, -0.25) is 0 Å². The van der Waals surface area contributed by atoms with Crippen molar-refractivity contribution >= 4 is 21.8 Å². The highest BCUT2D eigenvalue weighted by Gasteiger charge is 2.29. The summed E-state index contributed by atoms with van der Waals surface area (Å²) in [5.74, 6) is 0.909. The van der Waals surface area contributed by atoms with E-state index in [0.717, 1.165) is 11.8 Å². The molecule has 2 aromatic rings. The van der Waals surface area contributed by atoms with Crippen molar-refractivity contribution in [3.63, 3.8) is 0 Å². The third-order valence-corrected chi connectivity index (χ3v) is 7.19. The van der Waals surface area contributed by atoms with Gasteiger partial charge in [-0.1, -0.05) is 0 Å². The maximum atomic E-state index is 14.0. The second-order valence-corrected chi connectivity index (χ2v) is 8.84. The topological polar surface area (TPSA) is 59.8 Å². The number of thioether (sulfide) groups is 1. The molecular weight excluding hydrogens is 365 g/mol. The van der Waals surface area contributed by atoms with Crippen LogP contribution in [0.15, 0.2) is 45.9 Å². The van der Waals surface area contributed by atoms with Gasteiger partial charge in [0.05, 0.1) is 23.0 Å². The van der Waals surface area contributed by atoms with E-state index in [1.807, 2.05) is 12.1 Å². The molecule has 0 spiro atoms. The van der Waals surface area contributed by atoms with E-state index >= 15 is 0 Å². The number of rotatable bonds is 5. The lowest BCUT2D eigenvalue weighted by molar-refractivity contribution is 0.321. The molecule has 5 nitrogen and oxygen atoms in total. The minimum atomic E-state index is -3.74. The van der Waals surface area contributed by atoms with Crippen molar-refractivity contribution < 1.29 is 22.0 Å². The Balaban J connectivity index is 1.77. The van der Waals surface area contributed by atoms with E-state index in [4.69, 9.17) is 9.15 Å². The maximum Gasteiger partial charge on any atom is 0.243 e. The number of nitrogens with zero attached hydrogens (tertiary/aromatic N) is 1. The van der Waals surface area contributed by atoms with E-state index in [1.165, 1.54) is 16.4 Å². The van der Waals surface area contributed by atoms with E-state index in [0.29, 0.717) is 31.9 Å². The first-order chi connectivity index (χ1) is 12.0. The molecule has 1 aromatic heterocycles. The van der Waals surface area contributed by atoms with Crippen molar-refractivity contribution in [2.24, 2.45) is 0 Å². The lowest BCUT2D eigenvalue weighted by atomic mass is 10.2. The van der Waals surface area contributed by atoms with Crippen LogP contribution in [0.25, 0.3) is 0 Å². The van der Waals surface area contributed by atoms with Gasteiger partial charge < -0.3 is 9.15 Å². The summed E-state index contributed by atoms with van der Waals surface area (Å²) >= 11 is 1.68. The molecule has 1 aromatic carbocycles. The Bertz CT molecular complexity index is 808. The molecule has 1 aliphatic rings. The minimum absolute atomic E-state index is 0.0464. The SMILES string of the molecule is CCOc1ccc(S(=O)(=O)N2CCS[C@@H](c3ccco3)CC2)cc1F. The molecule has 1 aliphatic heterocycles. The molecule has 0 amide bonds. The third-order valence-electron chi connectivity index (χ3n) is 4.00.